The van der Waals surface area contributed by atoms with Crippen LogP contribution in [0.15, 0.2) is 22.7 Å². The number of nitrogens with zero attached hydrogens (tertiary/aromatic N) is 3. The van der Waals surface area contributed by atoms with E-state index in [-0.39, 0.29) is 11.5 Å². The molecular formula is C12H13FN4O2. The molecule has 100 valence electrons. The summed E-state index contributed by atoms with van der Waals surface area (Å²) >= 11 is 0. The summed E-state index contributed by atoms with van der Waals surface area (Å²) in [6.45, 7) is 2.63. The SMILES string of the molecule is Nc1ccc(F)c(-c2nc(N3CCOCC3)no2)c1. The highest BCUT2D eigenvalue weighted by atomic mass is 19.1. The number of anilines is 2. The maximum absolute atomic E-state index is 13.7. The van der Waals surface area contributed by atoms with Crippen LogP contribution in [-0.2, 0) is 4.74 Å². The van der Waals surface area contributed by atoms with Gasteiger partial charge in [-0.25, -0.2) is 4.39 Å². The van der Waals surface area contributed by atoms with E-state index in [1.807, 2.05) is 4.90 Å². The summed E-state index contributed by atoms with van der Waals surface area (Å²) in [7, 11) is 0. The third-order valence-corrected chi connectivity index (χ3v) is 2.93. The number of hydrogen-bond donors (Lipinski definition) is 1. The third-order valence-electron chi connectivity index (χ3n) is 2.93. The zero-order chi connectivity index (χ0) is 13.2. The predicted molar refractivity (Wildman–Crippen MR) is 67.1 cm³/mol. The Bertz CT molecular complexity index is 581. The molecule has 0 amide bonds. The van der Waals surface area contributed by atoms with Gasteiger partial charge < -0.3 is 19.9 Å². The lowest BCUT2D eigenvalue weighted by Crippen LogP contribution is -2.36. The maximum Gasteiger partial charge on any atom is 0.266 e. The molecule has 2 N–H and O–H groups in total. The second-order valence-corrected chi connectivity index (χ2v) is 4.24. The molecule has 1 aliphatic rings. The molecule has 0 unspecified atom stereocenters. The van der Waals surface area contributed by atoms with Gasteiger partial charge in [-0.15, -0.1) is 0 Å². The molecule has 1 fully saturated rings. The topological polar surface area (TPSA) is 77.4 Å². The molecule has 0 bridgehead atoms. The summed E-state index contributed by atoms with van der Waals surface area (Å²) in [5.41, 5.74) is 6.29. The smallest absolute Gasteiger partial charge is 0.266 e. The quantitative estimate of drug-likeness (QED) is 0.824. The van der Waals surface area contributed by atoms with Gasteiger partial charge in [0.25, 0.3) is 11.8 Å². The first-order valence-corrected chi connectivity index (χ1v) is 5.96. The van der Waals surface area contributed by atoms with E-state index < -0.39 is 5.82 Å². The van der Waals surface area contributed by atoms with E-state index in [9.17, 15) is 4.39 Å². The summed E-state index contributed by atoms with van der Waals surface area (Å²) in [5, 5.41) is 3.86. The molecule has 1 aliphatic heterocycles. The average Bonchev–Trinajstić information content (AvgIpc) is 2.92. The van der Waals surface area contributed by atoms with Crippen molar-refractivity contribution in [3.63, 3.8) is 0 Å². The van der Waals surface area contributed by atoms with Crippen molar-refractivity contribution in [3.8, 4) is 11.5 Å². The van der Waals surface area contributed by atoms with Gasteiger partial charge in [-0.3, -0.25) is 0 Å². The van der Waals surface area contributed by atoms with Crippen molar-refractivity contribution in [2.45, 2.75) is 0 Å². The monoisotopic (exact) mass is 264 g/mol. The van der Waals surface area contributed by atoms with Crippen LogP contribution in [0.4, 0.5) is 16.0 Å². The van der Waals surface area contributed by atoms with Crippen molar-refractivity contribution in [3.05, 3.63) is 24.0 Å². The summed E-state index contributed by atoms with van der Waals surface area (Å²) in [6.07, 6.45) is 0. The van der Waals surface area contributed by atoms with Crippen LogP contribution in [0.1, 0.15) is 0 Å². The minimum atomic E-state index is -0.439. The molecule has 0 atom stereocenters. The van der Waals surface area contributed by atoms with E-state index in [0.29, 0.717) is 37.9 Å². The van der Waals surface area contributed by atoms with Crippen molar-refractivity contribution >= 4 is 11.6 Å². The van der Waals surface area contributed by atoms with Crippen LogP contribution in [-0.4, -0.2) is 36.4 Å². The Morgan fingerprint density at radius 1 is 1.26 bits per heavy atom. The summed E-state index contributed by atoms with van der Waals surface area (Å²) in [5.74, 6) is 0.137. The number of nitrogens with two attached hydrogens (primary N) is 1. The molecule has 1 aromatic carbocycles. The standard InChI is InChI=1S/C12H13FN4O2/c13-10-2-1-8(14)7-9(10)11-15-12(16-19-11)17-3-5-18-6-4-17/h1-2,7H,3-6,14H2. The number of rotatable bonds is 2. The summed E-state index contributed by atoms with van der Waals surface area (Å²) < 4.78 is 24.0. The highest BCUT2D eigenvalue weighted by Crippen LogP contribution is 2.25. The van der Waals surface area contributed by atoms with Gasteiger partial charge >= 0.3 is 0 Å². The van der Waals surface area contributed by atoms with Crippen LogP contribution in [0, 0.1) is 5.82 Å². The van der Waals surface area contributed by atoms with E-state index in [1.54, 1.807) is 0 Å². The molecule has 2 aromatic rings. The van der Waals surface area contributed by atoms with Crippen molar-refractivity contribution < 1.29 is 13.7 Å². The Labute approximate surface area is 109 Å². The second-order valence-electron chi connectivity index (χ2n) is 4.24. The highest BCUT2D eigenvalue weighted by molar-refractivity contribution is 5.61. The highest BCUT2D eigenvalue weighted by Gasteiger charge is 2.19. The lowest BCUT2D eigenvalue weighted by atomic mass is 10.2. The van der Waals surface area contributed by atoms with Gasteiger partial charge in [-0.05, 0) is 23.4 Å². The number of nitrogen functional groups attached to an aromatic ring is 1. The summed E-state index contributed by atoms with van der Waals surface area (Å²) in [4.78, 5) is 6.13. The molecule has 6 nitrogen and oxygen atoms in total. The van der Waals surface area contributed by atoms with Crippen molar-refractivity contribution in [2.24, 2.45) is 0 Å². The van der Waals surface area contributed by atoms with E-state index in [2.05, 4.69) is 10.1 Å². The zero-order valence-corrected chi connectivity index (χ0v) is 10.2. The third kappa shape index (κ3) is 2.37. The van der Waals surface area contributed by atoms with Crippen LogP contribution in [0.2, 0.25) is 0 Å². The first-order chi connectivity index (χ1) is 9.24. The molecule has 1 saturated heterocycles. The van der Waals surface area contributed by atoms with Gasteiger partial charge in [0.15, 0.2) is 0 Å². The molecule has 7 heteroatoms. The zero-order valence-electron chi connectivity index (χ0n) is 10.2. The molecular weight excluding hydrogens is 251 g/mol. The van der Waals surface area contributed by atoms with Crippen molar-refractivity contribution in [1.82, 2.24) is 10.1 Å². The van der Waals surface area contributed by atoms with E-state index in [0.717, 1.165) is 0 Å². The number of halogens is 1. The Balaban J connectivity index is 1.89. The minimum Gasteiger partial charge on any atom is -0.399 e. The molecule has 2 heterocycles. The lowest BCUT2D eigenvalue weighted by Gasteiger charge is -2.24. The van der Waals surface area contributed by atoms with Crippen LogP contribution in [0.25, 0.3) is 11.5 Å². The van der Waals surface area contributed by atoms with Gasteiger partial charge in [-0.1, -0.05) is 0 Å². The number of benzene rings is 1. The van der Waals surface area contributed by atoms with Crippen molar-refractivity contribution in [2.75, 3.05) is 36.9 Å². The number of morpholine rings is 1. The van der Waals surface area contributed by atoms with Gasteiger partial charge in [0, 0.05) is 18.8 Å². The number of ether oxygens (including phenoxy) is 1. The fourth-order valence-corrected chi connectivity index (χ4v) is 1.92. The van der Waals surface area contributed by atoms with E-state index in [4.69, 9.17) is 15.0 Å². The fraction of sp³-hybridized carbons (Fsp3) is 0.333. The number of hydrogen-bond acceptors (Lipinski definition) is 6. The average molecular weight is 264 g/mol. The molecule has 0 spiro atoms. The Hall–Kier alpha value is -2.15. The Morgan fingerprint density at radius 3 is 2.84 bits per heavy atom. The Morgan fingerprint density at radius 2 is 2.05 bits per heavy atom. The normalized spacial score (nSPS) is 15.7. The van der Waals surface area contributed by atoms with Crippen LogP contribution in [0.3, 0.4) is 0 Å². The molecule has 3 rings (SSSR count). The molecule has 1 aromatic heterocycles. The molecule has 19 heavy (non-hydrogen) atoms. The minimum absolute atomic E-state index is 0.131. The van der Waals surface area contributed by atoms with Gasteiger partial charge in [0.05, 0.1) is 18.8 Å². The summed E-state index contributed by atoms with van der Waals surface area (Å²) in [6, 6.07) is 4.24. The lowest BCUT2D eigenvalue weighted by molar-refractivity contribution is 0.121. The largest absolute Gasteiger partial charge is 0.399 e. The molecule has 0 aliphatic carbocycles. The first kappa shape index (κ1) is 11.9. The molecule has 0 saturated carbocycles. The van der Waals surface area contributed by atoms with Crippen LogP contribution in [0.5, 0.6) is 0 Å². The fourth-order valence-electron chi connectivity index (χ4n) is 1.92. The molecule has 0 radical (unpaired) electrons. The van der Waals surface area contributed by atoms with Gasteiger partial charge in [0.1, 0.15) is 5.82 Å². The van der Waals surface area contributed by atoms with E-state index >= 15 is 0 Å². The van der Waals surface area contributed by atoms with Gasteiger partial charge in [0.2, 0.25) is 0 Å². The first-order valence-electron chi connectivity index (χ1n) is 5.96. The number of aromatic nitrogens is 2. The Kier molecular flexibility index (Phi) is 3.04. The second kappa shape index (κ2) is 4.85. The van der Waals surface area contributed by atoms with Crippen LogP contribution < -0.4 is 10.6 Å². The maximum atomic E-state index is 13.7. The van der Waals surface area contributed by atoms with E-state index in [1.165, 1.54) is 18.2 Å². The van der Waals surface area contributed by atoms with Gasteiger partial charge in [-0.2, -0.15) is 4.98 Å². The van der Waals surface area contributed by atoms with Crippen LogP contribution >= 0.6 is 0 Å². The predicted octanol–water partition coefficient (Wildman–Crippen LogP) is 1.29. The van der Waals surface area contributed by atoms with Crippen molar-refractivity contribution in [1.29, 1.82) is 0 Å².